The van der Waals surface area contributed by atoms with Crippen LogP contribution < -0.4 is 10.7 Å². The van der Waals surface area contributed by atoms with Crippen LogP contribution in [0.5, 0.6) is 0 Å². The predicted molar refractivity (Wildman–Crippen MR) is 73.6 cm³/mol. The van der Waals surface area contributed by atoms with Gasteiger partial charge in [0.05, 0.1) is 11.6 Å². The molecule has 6 nitrogen and oxygen atoms in total. The first-order valence-corrected chi connectivity index (χ1v) is 6.67. The van der Waals surface area contributed by atoms with Crippen molar-refractivity contribution in [2.45, 2.75) is 32.6 Å². The maximum atomic E-state index is 12.4. The number of aromatic nitrogens is 2. The topological polar surface area (TPSA) is 84.5 Å². The third kappa shape index (κ3) is 2.96. The molecule has 102 valence electrons. The van der Waals surface area contributed by atoms with Gasteiger partial charge in [-0.05, 0) is 37.9 Å². The molecule has 1 aliphatic rings. The Morgan fingerprint density at radius 3 is 2.95 bits per heavy atom. The fourth-order valence-corrected chi connectivity index (χ4v) is 2.20. The number of rotatable bonds is 6. The van der Waals surface area contributed by atoms with Gasteiger partial charge in [-0.15, -0.1) is 5.10 Å². The summed E-state index contributed by atoms with van der Waals surface area (Å²) in [6.45, 7) is 2.67. The number of anilines is 1. The molecule has 0 saturated heterocycles. The average Bonchev–Trinajstić information content (AvgIpc) is 2.75. The Balaban J connectivity index is 2.20. The van der Waals surface area contributed by atoms with E-state index in [0.29, 0.717) is 12.4 Å². The molecule has 0 saturated carbocycles. The Labute approximate surface area is 112 Å². The number of carbonyl (C=O) groups excluding carboxylic acids is 1. The van der Waals surface area contributed by atoms with Gasteiger partial charge in [-0.25, -0.2) is 0 Å². The Kier molecular flexibility index (Phi) is 4.57. The van der Waals surface area contributed by atoms with Crippen LogP contribution in [0.3, 0.4) is 0 Å². The number of hydrogen-bond acceptors (Lipinski definition) is 5. The van der Waals surface area contributed by atoms with E-state index in [1.807, 2.05) is 0 Å². The van der Waals surface area contributed by atoms with Crippen molar-refractivity contribution < 1.29 is 4.79 Å². The van der Waals surface area contributed by atoms with Crippen LogP contribution in [-0.4, -0.2) is 28.4 Å². The van der Waals surface area contributed by atoms with Crippen molar-refractivity contribution >= 4 is 17.4 Å². The van der Waals surface area contributed by atoms with Gasteiger partial charge in [-0.3, -0.25) is 4.79 Å². The van der Waals surface area contributed by atoms with Gasteiger partial charge >= 0.3 is 0 Å². The molecule has 19 heavy (non-hydrogen) atoms. The molecule has 1 atom stereocenters. The maximum Gasteiger partial charge on any atom is 0.257 e. The Morgan fingerprint density at radius 1 is 1.47 bits per heavy atom. The molecule has 0 bridgehead atoms. The molecule has 1 unspecified atom stereocenters. The summed E-state index contributed by atoms with van der Waals surface area (Å²) in [7, 11) is 0. The van der Waals surface area contributed by atoms with Crippen molar-refractivity contribution in [2.24, 2.45) is 16.8 Å². The molecule has 0 fully saturated rings. The average molecular weight is 261 g/mol. The summed E-state index contributed by atoms with van der Waals surface area (Å²) in [6, 6.07) is 3.49. The molecule has 0 aliphatic carbocycles. The van der Waals surface area contributed by atoms with Crippen molar-refractivity contribution in [3.63, 3.8) is 0 Å². The second kappa shape index (κ2) is 6.38. The molecule has 2 N–H and O–H groups in total. The lowest BCUT2D eigenvalue weighted by Crippen LogP contribution is -2.28. The number of hydrazone groups is 1. The zero-order chi connectivity index (χ0) is 13.7. The summed E-state index contributed by atoms with van der Waals surface area (Å²) < 4.78 is 0. The van der Waals surface area contributed by atoms with E-state index in [4.69, 9.17) is 5.73 Å². The van der Waals surface area contributed by atoms with Gasteiger partial charge < -0.3 is 5.73 Å². The highest BCUT2D eigenvalue weighted by Crippen LogP contribution is 2.26. The standard InChI is InChI=1S/C13H19N5O/c1-2-5-11-10(6-3-8-14)13(19)18(17-11)12-7-4-9-15-16-12/h4,7,9-10H,2-3,5-6,8,14H2,1H3. The largest absolute Gasteiger partial charge is 0.330 e. The minimum Gasteiger partial charge on any atom is -0.330 e. The minimum atomic E-state index is -0.148. The van der Waals surface area contributed by atoms with Crippen LogP contribution in [0.2, 0.25) is 0 Å². The van der Waals surface area contributed by atoms with Crippen molar-refractivity contribution in [3.8, 4) is 0 Å². The Hall–Kier alpha value is -1.82. The molecular formula is C13H19N5O. The molecule has 1 aromatic heterocycles. The molecule has 0 radical (unpaired) electrons. The van der Waals surface area contributed by atoms with Gasteiger partial charge in [-0.2, -0.15) is 15.2 Å². The number of amides is 1. The zero-order valence-electron chi connectivity index (χ0n) is 11.1. The highest BCUT2D eigenvalue weighted by molar-refractivity contribution is 6.15. The monoisotopic (exact) mass is 261 g/mol. The van der Waals surface area contributed by atoms with Crippen LogP contribution in [0.15, 0.2) is 23.4 Å². The van der Waals surface area contributed by atoms with Gasteiger partial charge in [-0.1, -0.05) is 13.3 Å². The summed E-state index contributed by atoms with van der Waals surface area (Å²) in [4.78, 5) is 12.4. The summed E-state index contributed by atoms with van der Waals surface area (Å²) in [5, 5.41) is 13.5. The van der Waals surface area contributed by atoms with Crippen molar-refractivity contribution in [1.82, 2.24) is 10.2 Å². The normalized spacial score (nSPS) is 18.8. The van der Waals surface area contributed by atoms with Crippen LogP contribution in [0.4, 0.5) is 5.82 Å². The fourth-order valence-electron chi connectivity index (χ4n) is 2.20. The van der Waals surface area contributed by atoms with Gasteiger partial charge in [0.15, 0.2) is 5.82 Å². The van der Waals surface area contributed by atoms with Crippen LogP contribution in [0.25, 0.3) is 0 Å². The van der Waals surface area contributed by atoms with Gasteiger partial charge in [0.1, 0.15) is 0 Å². The summed E-state index contributed by atoms with van der Waals surface area (Å²) in [5.41, 5.74) is 6.47. The van der Waals surface area contributed by atoms with Crippen molar-refractivity contribution in [3.05, 3.63) is 18.3 Å². The lowest BCUT2D eigenvalue weighted by atomic mass is 9.95. The first-order chi connectivity index (χ1) is 9.27. The van der Waals surface area contributed by atoms with Crippen LogP contribution >= 0.6 is 0 Å². The third-order valence-corrected chi connectivity index (χ3v) is 3.12. The Morgan fingerprint density at radius 2 is 2.32 bits per heavy atom. The smallest absolute Gasteiger partial charge is 0.257 e. The maximum absolute atomic E-state index is 12.4. The second-order valence-corrected chi connectivity index (χ2v) is 4.56. The molecule has 1 aliphatic heterocycles. The minimum absolute atomic E-state index is 0.0163. The van der Waals surface area contributed by atoms with Gasteiger partial charge in [0, 0.05) is 6.20 Å². The van der Waals surface area contributed by atoms with E-state index >= 15 is 0 Å². The van der Waals surface area contributed by atoms with Crippen LogP contribution in [0.1, 0.15) is 32.6 Å². The number of carbonyl (C=O) groups is 1. The molecule has 1 aromatic rings. The highest BCUT2D eigenvalue weighted by atomic mass is 16.2. The molecule has 2 heterocycles. The van der Waals surface area contributed by atoms with E-state index in [-0.39, 0.29) is 11.8 Å². The van der Waals surface area contributed by atoms with E-state index < -0.39 is 0 Å². The lowest BCUT2D eigenvalue weighted by Gasteiger charge is -2.12. The second-order valence-electron chi connectivity index (χ2n) is 4.56. The highest BCUT2D eigenvalue weighted by Gasteiger charge is 2.36. The molecule has 2 rings (SSSR count). The number of hydrogen-bond donors (Lipinski definition) is 1. The predicted octanol–water partition coefficient (Wildman–Crippen LogP) is 1.33. The van der Waals surface area contributed by atoms with E-state index in [1.165, 1.54) is 5.01 Å². The van der Waals surface area contributed by atoms with Gasteiger partial charge in [0.25, 0.3) is 5.91 Å². The molecular weight excluding hydrogens is 242 g/mol. The summed E-state index contributed by atoms with van der Waals surface area (Å²) >= 11 is 0. The molecule has 1 amide bonds. The summed E-state index contributed by atoms with van der Waals surface area (Å²) in [5.74, 6) is 0.319. The quantitative estimate of drug-likeness (QED) is 0.837. The van der Waals surface area contributed by atoms with Gasteiger partial charge in [0.2, 0.25) is 0 Å². The van der Waals surface area contributed by atoms with Crippen molar-refractivity contribution in [2.75, 3.05) is 11.6 Å². The van der Waals surface area contributed by atoms with Crippen LogP contribution in [-0.2, 0) is 4.79 Å². The van der Waals surface area contributed by atoms with E-state index in [0.717, 1.165) is 31.4 Å². The first kappa shape index (κ1) is 13.6. The van der Waals surface area contributed by atoms with E-state index in [1.54, 1.807) is 18.3 Å². The SMILES string of the molecule is CCCC1=NN(c2cccnn2)C(=O)C1CCCN. The number of nitrogens with zero attached hydrogens (tertiary/aromatic N) is 4. The van der Waals surface area contributed by atoms with Crippen molar-refractivity contribution in [1.29, 1.82) is 0 Å². The molecule has 6 heteroatoms. The van der Waals surface area contributed by atoms with E-state index in [2.05, 4.69) is 22.2 Å². The molecule has 0 aromatic carbocycles. The Bertz CT molecular complexity index is 459. The zero-order valence-corrected chi connectivity index (χ0v) is 11.1. The summed E-state index contributed by atoms with van der Waals surface area (Å²) in [6.07, 6.45) is 4.96. The first-order valence-electron chi connectivity index (χ1n) is 6.67. The van der Waals surface area contributed by atoms with Crippen LogP contribution in [0, 0.1) is 5.92 Å². The number of nitrogens with two attached hydrogens (primary N) is 1. The fraction of sp³-hybridized carbons (Fsp3) is 0.538. The third-order valence-electron chi connectivity index (χ3n) is 3.12. The van der Waals surface area contributed by atoms with E-state index in [9.17, 15) is 4.79 Å². The molecule has 0 spiro atoms. The lowest BCUT2D eigenvalue weighted by molar-refractivity contribution is -0.120.